The van der Waals surface area contributed by atoms with Gasteiger partial charge in [0.25, 0.3) is 0 Å². The maximum atomic E-state index is 12.2. The standard InChI is InChI=1S/C15H16ClNO3/c1-10-12(6-8-20-10)15(19)17-14-9-11(3-2-7-18)4-5-13(14)16/h4-5,9-10,12,18H,6-8H2,1H3,(H,17,19). The zero-order valence-electron chi connectivity index (χ0n) is 11.1. The molecule has 2 rings (SSSR count). The third-order valence-electron chi connectivity index (χ3n) is 3.25. The van der Waals surface area contributed by atoms with Crippen LogP contribution in [-0.2, 0) is 9.53 Å². The molecule has 2 unspecified atom stereocenters. The van der Waals surface area contributed by atoms with E-state index in [2.05, 4.69) is 17.2 Å². The van der Waals surface area contributed by atoms with Gasteiger partial charge in [0.05, 0.1) is 22.7 Å². The van der Waals surface area contributed by atoms with Crippen LogP contribution in [0.2, 0.25) is 5.02 Å². The molecule has 0 radical (unpaired) electrons. The zero-order valence-corrected chi connectivity index (χ0v) is 11.9. The average molecular weight is 294 g/mol. The number of rotatable bonds is 2. The lowest BCUT2D eigenvalue weighted by Gasteiger charge is -2.15. The van der Waals surface area contributed by atoms with E-state index in [0.717, 1.165) is 0 Å². The molecule has 4 nitrogen and oxygen atoms in total. The molecule has 1 amide bonds. The number of nitrogens with one attached hydrogen (secondary N) is 1. The molecule has 1 aromatic carbocycles. The number of aliphatic hydroxyl groups excluding tert-OH is 1. The quantitative estimate of drug-likeness (QED) is 0.821. The van der Waals surface area contributed by atoms with Crippen LogP contribution in [0.5, 0.6) is 0 Å². The number of carbonyl (C=O) groups is 1. The highest BCUT2D eigenvalue weighted by Crippen LogP contribution is 2.26. The van der Waals surface area contributed by atoms with E-state index in [4.69, 9.17) is 21.4 Å². The summed E-state index contributed by atoms with van der Waals surface area (Å²) in [4.78, 5) is 12.2. The Morgan fingerprint density at radius 1 is 1.60 bits per heavy atom. The van der Waals surface area contributed by atoms with Gasteiger partial charge in [-0.1, -0.05) is 23.4 Å². The maximum Gasteiger partial charge on any atom is 0.230 e. The Morgan fingerprint density at radius 3 is 3.05 bits per heavy atom. The molecule has 5 heteroatoms. The van der Waals surface area contributed by atoms with Gasteiger partial charge in [0, 0.05) is 12.2 Å². The van der Waals surface area contributed by atoms with Crippen LogP contribution < -0.4 is 5.32 Å². The van der Waals surface area contributed by atoms with Crippen molar-refractivity contribution in [3.63, 3.8) is 0 Å². The lowest BCUT2D eigenvalue weighted by molar-refractivity contribution is -0.121. The second kappa shape index (κ2) is 6.76. The minimum absolute atomic E-state index is 0.0776. The summed E-state index contributed by atoms with van der Waals surface area (Å²) in [6, 6.07) is 5.11. The summed E-state index contributed by atoms with van der Waals surface area (Å²) in [6.45, 7) is 2.29. The van der Waals surface area contributed by atoms with Crippen molar-refractivity contribution in [3.8, 4) is 11.8 Å². The van der Waals surface area contributed by atoms with Crippen molar-refractivity contribution in [2.45, 2.75) is 19.4 Å². The van der Waals surface area contributed by atoms with Gasteiger partial charge in [-0.3, -0.25) is 4.79 Å². The van der Waals surface area contributed by atoms with Crippen LogP contribution in [0.1, 0.15) is 18.9 Å². The first kappa shape index (κ1) is 14.9. The molecule has 20 heavy (non-hydrogen) atoms. The molecule has 0 aliphatic carbocycles. The number of halogens is 1. The van der Waals surface area contributed by atoms with Gasteiger partial charge in [-0.2, -0.15) is 0 Å². The first-order valence-corrected chi connectivity index (χ1v) is 6.81. The van der Waals surface area contributed by atoms with Crippen LogP contribution in [0.3, 0.4) is 0 Å². The predicted octanol–water partition coefficient (Wildman–Crippen LogP) is 2.05. The Morgan fingerprint density at radius 2 is 2.40 bits per heavy atom. The largest absolute Gasteiger partial charge is 0.384 e. The highest BCUT2D eigenvalue weighted by Gasteiger charge is 2.30. The topological polar surface area (TPSA) is 58.6 Å². The minimum Gasteiger partial charge on any atom is -0.384 e. The molecule has 0 aromatic heterocycles. The SMILES string of the molecule is CC1OCCC1C(=O)Nc1cc(C#CCO)ccc1Cl. The van der Waals surface area contributed by atoms with Crippen LogP contribution in [0.25, 0.3) is 0 Å². The molecule has 1 aliphatic heterocycles. The van der Waals surface area contributed by atoms with Gasteiger partial charge < -0.3 is 15.2 Å². The third-order valence-corrected chi connectivity index (χ3v) is 3.58. The lowest BCUT2D eigenvalue weighted by Crippen LogP contribution is -2.27. The van der Waals surface area contributed by atoms with Crippen molar-refractivity contribution in [1.82, 2.24) is 0 Å². The Labute approximate surface area is 123 Å². The number of aliphatic hydroxyl groups is 1. The molecule has 106 valence electrons. The monoisotopic (exact) mass is 293 g/mol. The number of benzene rings is 1. The smallest absolute Gasteiger partial charge is 0.230 e. The molecule has 1 heterocycles. The Hall–Kier alpha value is -1.54. The highest BCUT2D eigenvalue weighted by molar-refractivity contribution is 6.33. The van der Waals surface area contributed by atoms with Gasteiger partial charge in [0.15, 0.2) is 0 Å². The first-order chi connectivity index (χ1) is 9.61. The van der Waals surface area contributed by atoms with Crippen LogP contribution >= 0.6 is 11.6 Å². The maximum absolute atomic E-state index is 12.2. The van der Waals surface area contributed by atoms with Crippen molar-refractivity contribution in [1.29, 1.82) is 0 Å². The van der Waals surface area contributed by atoms with E-state index in [9.17, 15) is 4.79 Å². The van der Waals surface area contributed by atoms with Crippen molar-refractivity contribution in [3.05, 3.63) is 28.8 Å². The van der Waals surface area contributed by atoms with Crippen molar-refractivity contribution in [2.75, 3.05) is 18.5 Å². The number of anilines is 1. The first-order valence-electron chi connectivity index (χ1n) is 6.43. The number of hydrogen-bond acceptors (Lipinski definition) is 3. The van der Waals surface area contributed by atoms with Crippen LogP contribution in [0, 0.1) is 17.8 Å². The Bertz CT molecular complexity index is 562. The molecular formula is C15H16ClNO3. The Kier molecular flexibility index (Phi) is 5.02. The van der Waals surface area contributed by atoms with Crippen LogP contribution in [-0.4, -0.2) is 30.3 Å². The normalized spacial score (nSPS) is 21.1. The fourth-order valence-electron chi connectivity index (χ4n) is 2.14. The van der Waals surface area contributed by atoms with Crippen LogP contribution in [0.15, 0.2) is 18.2 Å². The van der Waals surface area contributed by atoms with Gasteiger partial charge in [-0.15, -0.1) is 0 Å². The average Bonchev–Trinajstić information content (AvgIpc) is 2.86. The summed E-state index contributed by atoms with van der Waals surface area (Å²) < 4.78 is 5.39. The molecule has 1 aromatic rings. The van der Waals surface area contributed by atoms with E-state index in [-0.39, 0.29) is 24.5 Å². The number of ether oxygens (including phenoxy) is 1. The number of hydrogen-bond donors (Lipinski definition) is 2. The van der Waals surface area contributed by atoms with Gasteiger partial charge in [0.2, 0.25) is 5.91 Å². The summed E-state index contributed by atoms with van der Waals surface area (Å²) in [7, 11) is 0. The molecule has 2 atom stereocenters. The molecule has 0 saturated carbocycles. The predicted molar refractivity (Wildman–Crippen MR) is 77.6 cm³/mol. The second-order valence-electron chi connectivity index (χ2n) is 4.61. The van der Waals surface area contributed by atoms with E-state index in [1.807, 2.05) is 6.92 Å². The Balaban J connectivity index is 2.13. The van der Waals surface area contributed by atoms with E-state index in [1.165, 1.54) is 0 Å². The van der Waals surface area contributed by atoms with E-state index in [0.29, 0.717) is 29.3 Å². The molecule has 0 spiro atoms. The number of amides is 1. The number of carbonyl (C=O) groups excluding carboxylic acids is 1. The summed E-state index contributed by atoms with van der Waals surface area (Å²) in [5, 5.41) is 12.0. The van der Waals surface area contributed by atoms with Crippen molar-refractivity contribution in [2.24, 2.45) is 5.92 Å². The summed E-state index contributed by atoms with van der Waals surface area (Å²) in [6.07, 6.45) is 0.639. The van der Waals surface area contributed by atoms with E-state index >= 15 is 0 Å². The molecule has 1 aliphatic rings. The van der Waals surface area contributed by atoms with E-state index < -0.39 is 0 Å². The van der Waals surface area contributed by atoms with Gasteiger partial charge in [-0.05, 0) is 31.5 Å². The highest BCUT2D eigenvalue weighted by atomic mass is 35.5. The third kappa shape index (κ3) is 3.51. The van der Waals surface area contributed by atoms with Crippen molar-refractivity contribution < 1.29 is 14.6 Å². The van der Waals surface area contributed by atoms with Gasteiger partial charge in [-0.25, -0.2) is 0 Å². The molecule has 1 saturated heterocycles. The zero-order chi connectivity index (χ0) is 14.5. The molecular weight excluding hydrogens is 278 g/mol. The fraction of sp³-hybridized carbons (Fsp3) is 0.400. The lowest BCUT2D eigenvalue weighted by atomic mass is 10.0. The van der Waals surface area contributed by atoms with Crippen LogP contribution in [0.4, 0.5) is 5.69 Å². The van der Waals surface area contributed by atoms with Gasteiger partial charge in [0.1, 0.15) is 6.61 Å². The molecule has 1 fully saturated rings. The summed E-state index contributed by atoms with van der Waals surface area (Å²) in [5.41, 5.74) is 1.22. The van der Waals surface area contributed by atoms with Gasteiger partial charge >= 0.3 is 0 Å². The van der Waals surface area contributed by atoms with E-state index in [1.54, 1.807) is 18.2 Å². The second-order valence-corrected chi connectivity index (χ2v) is 5.02. The summed E-state index contributed by atoms with van der Waals surface area (Å²) >= 11 is 6.07. The minimum atomic E-state index is -0.207. The summed E-state index contributed by atoms with van der Waals surface area (Å²) in [5.74, 6) is 5.09. The fourth-order valence-corrected chi connectivity index (χ4v) is 2.31. The molecule has 0 bridgehead atoms. The van der Waals surface area contributed by atoms with Crippen molar-refractivity contribution >= 4 is 23.2 Å². The molecule has 2 N–H and O–H groups in total.